The second-order valence-corrected chi connectivity index (χ2v) is 5.45. The Morgan fingerprint density at radius 3 is 2.60 bits per heavy atom. The molecule has 1 aromatic carbocycles. The van der Waals surface area contributed by atoms with E-state index in [0.717, 1.165) is 38.8 Å². The molecule has 1 saturated carbocycles. The zero-order chi connectivity index (χ0) is 13.9. The molecule has 106 valence electrons. The fraction of sp³-hybridized carbons (Fsp3) is 0.467. The Kier molecular flexibility index (Phi) is 3.58. The first-order chi connectivity index (χ1) is 9.72. The fourth-order valence-corrected chi connectivity index (χ4v) is 2.41. The van der Waals surface area contributed by atoms with Gasteiger partial charge in [-0.15, -0.1) is 0 Å². The number of amides is 3. The first-order valence-electron chi connectivity index (χ1n) is 7.19. The van der Waals surface area contributed by atoms with Gasteiger partial charge in [0.25, 0.3) is 5.91 Å². The van der Waals surface area contributed by atoms with Crippen molar-refractivity contribution in [3.8, 4) is 0 Å². The highest BCUT2D eigenvalue weighted by Crippen LogP contribution is 2.19. The molecule has 5 nitrogen and oxygen atoms in total. The Balaban J connectivity index is 1.65. The minimum absolute atomic E-state index is 0.0498. The van der Waals surface area contributed by atoms with Crippen molar-refractivity contribution in [1.29, 1.82) is 0 Å². The minimum atomic E-state index is -0.196. The summed E-state index contributed by atoms with van der Waals surface area (Å²) in [4.78, 5) is 25.8. The van der Waals surface area contributed by atoms with Crippen molar-refractivity contribution in [2.75, 3.05) is 18.4 Å². The van der Waals surface area contributed by atoms with Crippen molar-refractivity contribution < 1.29 is 9.59 Å². The average molecular weight is 273 g/mol. The van der Waals surface area contributed by atoms with Gasteiger partial charge in [0.2, 0.25) is 0 Å². The quantitative estimate of drug-likeness (QED) is 0.887. The molecule has 1 aromatic rings. The number of rotatable bonds is 3. The topological polar surface area (TPSA) is 61.4 Å². The molecule has 3 amide bonds. The van der Waals surface area contributed by atoms with Crippen molar-refractivity contribution >= 4 is 17.6 Å². The van der Waals surface area contributed by atoms with E-state index in [2.05, 4.69) is 10.6 Å². The van der Waals surface area contributed by atoms with Crippen LogP contribution >= 0.6 is 0 Å². The summed E-state index contributed by atoms with van der Waals surface area (Å²) in [5.41, 5.74) is 1.30. The molecule has 20 heavy (non-hydrogen) atoms. The molecule has 2 fully saturated rings. The van der Waals surface area contributed by atoms with E-state index in [1.807, 2.05) is 4.90 Å². The van der Waals surface area contributed by atoms with E-state index in [0.29, 0.717) is 17.3 Å². The lowest BCUT2D eigenvalue weighted by Crippen LogP contribution is -2.30. The van der Waals surface area contributed by atoms with Crippen LogP contribution in [-0.2, 0) is 0 Å². The molecule has 0 bridgehead atoms. The van der Waals surface area contributed by atoms with E-state index in [9.17, 15) is 9.59 Å². The third-order valence-corrected chi connectivity index (χ3v) is 3.67. The van der Waals surface area contributed by atoms with E-state index in [-0.39, 0.29) is 11.9 Å². The van der Waals surface area contributed by atoms with Gasteiger partial charge in [-0.05, 0) is 43.9 Å². The van der Waals surface area contributed by atoms with Crippen LogP contribution in [0.3, 0.4) is 0 Å². The van der Waals surface area contributed by atoms with Crippen molar-refractivity contribution in [3.05, 3.63) is 29.8 Å². The molecule has 1 saturated heterocycles. The standard InChI is InChI=1S/C15H19N3O2/c19-14(18-8-1-2-9-18)11-4-3-5-13(10-11)17-15(20)16-12-6-7-12/h3-5,10,12H,1-2,6-9H2,(H2,16,17,20). The number of carbonyl (C=O) groups is 2. The van der Waals surface area contributed by atoms with Crippen LogP contribution < -0.4 is 10.6 Å². The van der Waals surface area contributed by atoms with Gasteiger partial charge in [0.15, 0.2) is 0 Å². The number of carbonyl (C=O) groups excluding carboxylic acids is 2. The van der Waals surface area contributed by atoms with Crippen LogP contribution in [-0.4, -0.2) is 36.0 Å². The number of nitrogens with one attached hydrogen (secondary N) is 2. The highest BCUT2D eigenvalue weighted by molar-refractivity contribution is 5.97. The smallest absolute Gasteiger partial charge is 0.319 e. The third kappa shape index (κ3) is 3.10. The van der Waals surface area contributed by atoms with Crippen LogP contribution in [0, 0.1) is 0 Å². The second-order valence-electron chi connectivity index (χ2n) is 5.45. The maximum absolute atomic E-state index is 12.3. The number of urea groups is 1. The summed E-state index contributed by atoms with van der Waals surface area (Å²) in [7, 11) is 0. The second kappa shape index (κ2) is 5.53. The monoisotopic (exact) mass is 273 g/mol. The zero-order valence-electron chi connectivity index (χ0n) is 11.4. The lowest BCUT2D eigenvalue weighted by molar-refractivity contribution is 0.0793. The van der Waals surface area contributed by atoms with Crippen LogP contribution in [0.2, 0.25) is 0 Å². The molecule has 0 radical (unpaired) electrons. The molecule has 0 unspecified atom stereocenters. The molecule has 0 spiro atoms. The Labute approximate surface area is 118 Å². The Morgan fingerprint density at radius 2 is 1.90 bits per heavy atom. The molecule has 1 aliphatic carbocycles. The van der Waals surface area contributed by atoms with Gasteiger partial charge in [-0.25, -0.2) is 4.79 Å². The van der Waals surface area contributed by atoms with Crippen LogP contribution in [0.4, 0.5) is 10.5 Å². The van der Waals surface area contributed by atoms with Gasteiger partial charge < -0.3 is 15.5 Å². The van der Waals surface area contributed by atoms with Crippen LogP contribution in [0.5, 0.6) is 0 Å². The van der Waals surface area contributed by atoms with Gasteiger partial charge in [0, 0.05) is 30.4 Å². The van der Waals surface area contributed by atoms with E-state index >= 15 is 0 Å². The lowest BCUT2D eigenvalue weighted by atomic mass is 10.2. The predicted octanol–water partition coefficient (Wildman–Crippen LogP) is 2.21. The molecular formula is C15H19N3O2. The molecule has 0 atom stereocenters. The molecule has 5 heteroatoms. The SMILES string of the molecule is O=C(Nc1cccc(C(=O)N2CCCC2)c1)NC1CC1. The highest BCUT2D eigenvalue weighted by atomic mass is 16.2. The molecule has 3 rings (SSSR count). The first-order valence-corrected chi connectivity index (χ1v) is 7.19. The first kappa shape index (κ1) is 13.0. The minimum Gasteiger partial charge on any atom is -0.339 e. The number of anilines is 1. The lowest BCUT2D eigenvalue weighted by Gasteiger charge is -2.15. The van der Waals surface area contributed by atoms with Crippen molar-refractivity contribution in [3.63, 3.8) is 0 Å². The van der Waals surface area contributed by atoms with E-state index in [1.165, 1.54) is 0 Å². The van der Waals surface area contributed by atoms with Crippen LogP contribution in [0.25, 0.3) is 0 Å². The third-order valence-electron chi connectivity index (χ3n) is 3.67. The summed E-state index contributed by atoms with van der Waals surface area (Å²) >= 11 is 0. The number of hydrogen-bond acceptors (Lipinski definition) is 2. The summed E-state index contributed by atoms with van der Waals surface area (Å²) in [6, 6.07) is 7.27. The van der Waals surface area contributed by atoms with Gasteiger partial charge in [0.1, 0.15) is 0 Å². The van der Waals surface area contributed by atoms with Gasteiger partial charge >= 0.3 is 6.03 Å². The Bertz CT molecular complexity index is 520. The molecule has 0 aromatic heterocycles. The molecule has 1 heterocycles. The van der Waals surface area contributed by atoms with Crippen molar-refractivity contribution in [1.82, 2.24) is 10.2 Å². The predicted molar refractivity (Wildman–Crippen MR) is 76.8 cm³/mol. The summed E-state index contributed by atoms with van der Waals surface area (Å²) in [5, 5.41) is 5.64. The fourth-order valence-electron chi connectivity index (χ4n) is 2.41. The highest BCUT2D eigenvalue weighted by Gasteiger charge is 2.23. The zero-order valence-corrected chi connectivity index (χ0v) is 11.4. The molecule has 1 aliphatic heterocycles. The Hall–Kier alpha value is -2.04. The normalized spacial score (nSPS) is 17.9. The summed E-state index contributed by atoms with van der Waals surface area (Å²) < 4.78 is 0. The van der Waals surface area contributed by atoms with Gasteiger partial charge in [0.05, 0.1) is 0 Å². The number of hydrogen-bond donors (Lipinski definition) is 2. The van der Waals surface area contributed by atoms with E-state index in [4.69, 9.17) is 0 Å². The number of likely N-dealkylation sites (tertiary alicyclic amines) is 1. The molecule has 2 aliphatic rings. The summed E-state index contributed by atoms with van der Waals surface area (Å²) in [6.45, 7) is 1.66. The van der Waals surface area contributed by atoms with Gasteiger partial charge in [-0.1, -0.05) is 6.07 Å². The average Bonchev–Trinajstić information content (AvgIpc) is 3.08. The van der Waals surface area contributed by atoms with Gasteiger partial charge in [-0.2, -0.15) is 0 Å². The van der Waals surface area contributed by atoms with Crippen molar-refractivity contribution in [2.45, 2.75) is 31.7 Å². The molecule has 2 N–H and O–H groups in total. The van der Waals surface area contributed by atoms with Gasteiger partial charge in [-0.3, -0.25) is 4.79 Å². The number of benzene rings is 1. The summed E-state index contributed by atoms with van der Waals surface area (Å²) in [5.74, 6) is 0.0498. The summed E-state index contributed by atoms with van der Waals surface area (Å²) in [6.07, 6.45) is 4.27. The Morgan fingerprint density at radius 1 is 1.15 bits per heavy atom. The number of nitrogens with zero attached hydrogens (tertiary/aromatic N) is 1. The largest absolute Gasteiger partial charge is 0.339 e. The van der Waals surface area contributed by atoms with Crippen molar-refractivity contribution in [2.24, 2.45) is 0 Å². The van der Waals surface area contributed by atoms with E-state index < -0.39 is 0 Å². The van der Waals surface area contributed by atoms with Crippen LogP contribution in [0.1, 0.15) is 36.0 Å². The maximum atomic E-state index is 12.3. The van der Waals surface area contributed by atoms with Crippen LogP contribution in [0.15, 0.2) is 24.3 Å². The maximum Gasteiger partial charge on any atom is 0.319 e. The van der Waals surface area contributed by atoms with E-state index in [1.54, 1.807) is 24.3 Å². The molecular weight excluding hydrogens is 254 g/mol.